The molecule has 1 amide bonds. The van der Waals surface area contributed by atoms with Crippen LogP contribution in [0.3, 0.4) is 0 Å². The number of aromatic nitrogens is 4. The molecule has 1 fully saturated rings. The number of halogens is 2. The summed E-state index contributed by atoms with van der Waals surface area (Å²) in [6.07, 6.45) is 2.49. The standard InChI is InChI=1S/C29H31F2N7O5S/c1-17-15-37(28(39)43-29(2,3)4)11-12-38(17)26-24-22(33-16-34-26)10-9-21(35-24)18-13-23(27(42-5)32-14-18)36-44(40,41)25-19(30)7-6-8-20(25)31/h6-10,13-14,16-17,36H,11-12,15H2,1-5H3/t17-/m0/s1. The average molecular weight is 628 g/mol. The van der Waals surface area contributed by atoms with E-state index in [-0.39, 0.29) is 23.7 Å². The van der Waals surface area contributed by atoms with E-state index in [1.54, 1.807) is 17.0 Å². The Kier molecular flexibility index (Phi) is 8.25. The summed E-state index contributed by atoms with van der Waals surface area (Å²) < 4.78 is 67.5. The van der Waals surface area contributed by atoms with E-state index in [0.717, 1.165) is 18.2 Å². The molecule has 0 radical (unpaired) electrons. The highest BCUT2D eigenvalue weighted by Crippen LogP contribution is 2.33. The number of hydrogen-bond acceptors (Lipinski definition) is 10. The normalized spacial score (nSPS) is 15.8. The number of benzene rings is 1. The predicted octanol–water partition coefficient (Wildman–Crippen LogP) is 4.62. The number of nitrogens with one attached hydrogen (secondary N) is 1. The molecule has 12 nitrogen and oxygen atoms in total. The summed E-state index contributed by atoms with van der Waals surface area (Å²) in [4.78, 5) is 33.0. The summed E-state index contributed by atoms with van der Waals surface area (Å²) >= 11 is 0. The zero-order valence-corrected chi connectivity index (χ0v) is 25.5. The van der Waals surface area contributed by atoms with Crippen LogP contribution < -0.4 is 14.4 Å². The SMILES string of the molecule is COc1ncc(-c2ccc3ncnc(N4CCN(C(=O)OC(C)(C)C)C[C@@H]4C)c3n2)cc1NS(=O)(=O)c1c(F)cccc1F. The lowest BCUT2D eigenvalue weighted by Gasteiger charge is -2.40. The number of rotatable bonds is 6. The number of anilines is 2. The Hall–Kier alpha value is -4.66. The molecule has 1 N–H and O–H groups in total. The first-order valence-electron chi connectivity index (χ1n) is 13.6. The number of pyridine rings is 2. The van der Waals surface area contributed by atoms with Crippen LogP contribution in [0.4, 0.5) is 25.1 Å². The Morgan fingerprint density at radius 1 is 1.07 bits per heavy atom. The third kappa shape index (κ3) is 6.32. The third-order valence-electron chi connectivity index (χ3n) is 6.79. The largest absolute Gasteiger partial charge is 0.480 e. The Balaban J connectivity index is 1.47. The van der Waals surface area contributed by atoms with Gasteiger partial charge in [0, 0.05) is 37.4 Å². The lowest BCUT2D eigenvalue weighted by Crippen LogP contribution is -2.54. The Bertz CT molecular complexity index is 1810. The van der Waals surface area contributed by atoms with Crippen molar-refractivity contribution in [1.82, 2.24) is 24.8 Å². The van der Waals surface area contributed by atoms with Crippen LogP contribution >= 0.6 is 0 Å². The molecule has 1 aliphatic heterocycles. The van der Waals surface area contributed by atoms with Gasteiger partial charge in [-0.05, 0) is 58.0 Å². The molecular formula is C29H31F2N7O5S. The minimum Gasteiger partial charge on any atom is -0.480 e. The van der Waals surface area contributed by atoms with Gasteiger partial charge in [0.2, 0.25) is 5.88 Å². The zero-order valence-electron chi connectivity index (χ0n) is 24.7. The van der Waals surface area contributed by atoms with Crippen LogP contribution in [0.25, 0.3) is 22.3 Å². The molecule has 0 saturated carbocycles. The Morgan fingerprint density at radius 2 is 1.80 bits per heavy atom. The molecule has 0 bridgehead atoms. The number of hydrogen-bond donors (Lipinski definition) is 1. The first-order valence-corrected chi connectivity index (χ1v) is 15.1. The maximum atomic E-state index is 14.3. The highest BCUT2D eigenvalue weighted by Gasteiger charge is 2.32. The molecule has 44 heavy (non-hydrogen) atoms. The molecule has 4 heterocycles. The molecule has 1 atom stereocenters. The molecule has 0 unspecified atom stereocenters. The second-order valence-electron chi connectivity index (χ2n) is 11.2. The van der Waals surface area contributed by atoms with Crippen LogP contribution in [0.5, 0.6) is 5.88 Å². The number of carbonyl (C=O) groups excluding carboxylic acids is 1. The lowest BCUT2D eigenvalue weighted by atomic mass is 10.1. The number of sulfonamides is 1. The molecule has 232 valence electrons. The van der Waals surface area contributed by atoms with Crippen molar-refractivity contribution >= 4 is 38.7 Å². The second kappa shape index (κ2) is 11.8. The van der Waals surface area contributed by atoms with Crippen molar-refractivity contribution in [1.29, 1.82) is 0 Å². The quantitative estimate of drug-likeness (QED) is 0.322. The summed E-state index contributed by atoms with van der Waals surface area (Å²) in [7, 11) is -3.41. The molecule has 1 saturated heterocycles. The zero-order chi connectivity index (χ0) is 31.8. The number of amides is 1. The number of carbonyl (C=O) groups is 1. The molecule has 0 aliphatic carbocycles. The summed E-state index contributed by atoms with van der Waals surface area (Å²) in [5.74, 6) is -2.04. The van der Waals surface area contributed by atoms with Gasteiger partial charge in [-0.15, -0.1) is 0 Å². The van der Waals surface area contributed by atoms with Crippen LogP contribution in [-0.4, -0.2) is 77.7 Å². The van der Waals surface area contributed by atoms with Crippen LogP contribution in [0.15, 0.2) is 53.8 Å². The Morgan fingerprint density at radius 3 is 2.45 bits per heavy atom. The van der Waals surface area contributed by atoms with Crippen molar-refractivity contribution in [2.75, 3.05) is 36.4 Å². The van der Waals surface area contributed by atoms with Crippen molar-refractivity contribution in [3.05, 3.63) is 60.6 Å². The summed E-state index contributed by atoms with van der Waals surface area (Å²) in [6.45, 7) is 8.73. The average Bonchev–Trinajstić information content (AvgIpc) is 2.95. The van der Waals surface area contributed by atoms with E-state index in [0.29, 0.717) is 47.7 Å². The van der Waals surface area contributed by atoms with Gasteiger partial charge in [-0.25, -0.2) is 41.9 Å². The van der Waals surface area contributed by atoms with Gasteiger partial charge >= 0.3 is 6.09 Å². The first-order chi connectivity index (χ1) is 20.8. The van der Waals surface area contributed by atoms with Crippen LogP contribution in [0.2, 0.25) is 0 Å². The van der Waals surface area contributed by atoms with E-state index < -0.39 is 32.2 Å². The van der Waals surface area contributed by atoms with E-state index in [9.17, 15) is 22.0 Å². The third-order valence-corrected chi connectivity index (χ3v) is 8.20. The minimum atomic E-state index is -4.69. The van der Waals surface area contributed by atoms with Gasteiger partial charge in [0.1, 0.15) is 34.8 Å². The summed E-state index contributed by atoms with van der Waals surface area (Å²) in [6, 6.07) is 7.47. The molecule has 1 aliphatic rings. The van der Waals surface area contributed by atoms with Crippen molar-refractivity contribution in [3.63, 3.8) is 0 Å². The summed E-state index contributed by atoms with van der Waals surface area (Å²) in [5, 5.41) is 0. The molecule has 1 aromatic carbocycles. The van der Waals surface area contributed by atoms with Crippen molar-refractivity contribution in [2.45, 2.75) is 44.2 Å². The van der Waals surface area contributed by atoms with Crippen molar-refractivity contribution in [2.24, 2.45) is 0 Å². The number of piperazine rings is 1. The van der Waals surface area contributed by atoms with E-state index in [1.165, 1.54) is 25.7 Å². The molecule has 4 aromatic rings. The number of methoxy groups -OCH3 is 1. The topological polar surface area (TPSA) is 140 Å². The minimum absolute atomic E-state index is 0.115. The number of ether oxygens (including phenoxy) is 2. The maximum absolute atomic E-state index is 14.3. The fraction of sp³-hybridized carbons (Fsp3) is 0.345. The van der Waals surface area contributed by atoms with Gasteiger partial charge in [0.05, 0.1) is 18.3 Å². The number of fused-ring (bicyclic) bond motifs is 1. The monoisotopic (exact) mass is 627 g/mol. The first kappa shape index (κ1) is 30.8. The van der Waals surface area contributed by atoms with Gasteiger partial charge in [0.25, 0.3) is 10.0 Å². The van der Waals surface area contributed by atoms with Crippen LogP contribution in [0, 0.1) is 11.6 Å². The maximum Gasteiger partial charge on any atom is 0.410 e. The highest BCUT2D eigenvalue weighted by atomic mass is 32.2. The molecule has 5 rings (SSSR count). The molecule has 3 aromatic heterocycles. The Labute approximate surface area is 253 Å². The van der Waals surface area contributed by atoms with Gasteiger partial charge in [-0.1, -0.05) is 6.07 Å². The molecule has 15 heteroatoms. The lowest BCUT2D eigenvalue weighted by molar-refractivity contribution is 0.0218. The van der Waals surface area contributed by atoms with Crippen LogP contribution in [-0.2, 0) is 14.8 Å². The van der Waals surface area contributed by atoms with E-state index in [2.05, 4.69) is 19.7 Å². The van der Waals surface area contributed by atoms with Crippen LogP contribution in [0.1, 0.15) is 27.7 Å². The number of nitrogens with zero attached hydrogens (tertiary/aromatic N) is 6. The fourth-order valence-electron chi connectivity index (χ4n) is 4.83. The van der Waals surface area contributed by atoms with E-state index >= 15 is 0 Å². The fourth-order valence-corrected chi connectivity index (χ4v) is 6.01. The predicted molar refractivity (Wildman–Crippen MR) is 159 cm³/mol. The van der Waals surface area contributed by atoms with Gasteiger partial charge < -0.3 is 19.3 Å². The summed E-state index contributed by atoms with van der Waals surface area (Å²) in [5.41, 5.74) is 1.08. The van der Waals surface area contributed by atoms with Crippen molar-refractivity contribution in [3.8, 4) is 17.1 Å². The highest BCUT2D eigenvalue weighted by molar-refractivity contribution is 7.92. The van der Waals surface area contributed by atoms with E-state index in [1.807, 2.05) is 32.6 Å². The molecular weight excluding hydrogens is 596 g/mol. The van der Waals surface area contributed by atoms with Gasteiger partial charge in [-0.3, -0.25) is 4.72 Å². The second-order valence-corrected chi connectivity index (χ2v) is 12.8. The smallest absolute Gasteiger partial charge is 0.410 e. The molecule has 0 spiro atoms. The van der Waals surface area contributed by atoms with E-state index in [4.69, 9.17) is 14.5 Å². The van der Waals surface area contributed by atoms with Crippen molar-refractivity contribution < 1.29 is 31.5 Å². The van der Waals surface area contributed by atoms with Gasteiger partial charge in [-0.2, -0.15) is 0 Å². The van der Waals surface area contributed by atoms with Gasteiger partial charge in [0.15, 0.2) is 10.7 Å².